The number of anilines is 1. The van der Waals surface area contributed by atoms with Crippen molar-refractivity contribution in [2.75, 3.05) is 12.1 Å². The molecule has 114 valence electrons. The molecule has 0 saturated heterocycles. The smallest absolute Gasteiger partial charge is 0.319 e. The van der Waals surface area contributed by atoms with Gasteiger partial charge in [0.1, 0.15) is 0 Å². The topological polar surface area (TPSA) is 59.6 Å². The normalized spacial score (nSPS) is 13.5. The zero-order valence-corrected chi connectivity index (χ0v) is 12.6. The molecular formula is C17H18N2O3. The minimum Gasteiger partial charge on any atom is -0.454 e. The van der Waals surface area contributed by atoms with Crippen molar-refractivity contribution in [1.29, 1.82) is 0 Å². The highest BCUT2D eigenvalue weighted by Gasteiger charge is 2.15. The van der Waals surface area contributed by atoms with Crippen molar-refractivity contribution in [2.24, 2.45) is 0 Å². The quantitative estimate of drug-likeness (QED) is 0.910. The van der Waals surface area contributed by atoms with Crippen LogP contribution in [0.1, 0.15) is 24.1 Å². The zero-order valence-electron chi connectivity index (χ0n) is 12.6. The summed E-state index contributed by atoms with van der Waals surface area (Å²) < 4.78 is 10.5. The molecule has 3 rings (SSSR count). The second-order valence-corrected chi connectivity index (χ2v) is 5.30. The van der Waals surface area contributed by atoms with Gasteiger partial charge >= 0.3 is 6.03 Å². The van der Waals surface area contributed by atoms with Crippen molar-refractivity contribution in [3.05, 3.63) is 53.6 Å². The van der Waals surface area contributed by atoms with E-state index in [4.69, 9.17) is 9.47 Å². The molecule has 2 aromatic rings. The Balaban J connectivity index is 1.61. The summed E-state index contributed by atoms with van der Waals surface area (Å²) in [6.07, 6.45) is 0. The SMILES string of the molecule is Cc1ccc(C(C)NC(=O)Nc2ccc3c(c2)OCO3)cc1. The van der Waals surface area contributed by atoms with E-state index in [9.17, 15) is 4.79 Å². The largest absolute Gasteiger partial charge is 0.454 e. The van der Waals surface area contributed by atoms with Gasteiger partial charge in [-0.3, -0.25) is 0 Å². The Bertz CT molecular complexity index is 683. The summed E-state index contributed by atoms with van der Waals surface area (Å²) in [5.41, 5.74) is 2.92. The lowest BCUT2D eigenvalue weighted by Gasteiger charge is -2.15. The first-order valence-electron chi connectivity index (χ1n) is 7.15. The molecule has 1 atom stereocenters. The summed E-state index contributed by atoms with van der Waals surface area (Å²) in [6.45, 7) is 4.20. The molecule has 0 aliphatic carbocycles. The van der Waals surface area contributed by atoms with Gasteiger partial charge in [0.25, 0.3) is 0 Å². The summed E-state index contributed by atoms with van der Waals surface area (Å²) >= 11 is 0. The monoisotopic (exact) mass is 298 g/mol. The van der Waals surface area contributed by atoms with Crippen LogP contribution in [0.4, 0.5) is 10.5 Å². The van der Waals surface area contributed by atoms with Crippen LogP contribution >= 0.6 is 0 Å². The first-order valence-corrected chi connectivity index (χ1v) is 7.15. The zero-order chi connectivity index (χ0) is 15.5. The summed E-state index contributed by atoms with van der Waals surface area (Å²) in [4.78, 5) is 12.1. The first-order chi connectivity index (χ1) is 10.6. The van der Waals surface area contributed by atoms with Gasteiger partial charge in [-0.05, 0) is 31.5 Å². The molecule has 0 spiro atoms. The molecule has 5 nitrogen and oxygen atoms in total. The molecule has 1 aliphatic rings. The molecule has 5 heteroatoms. The average molecular weight is 298 g/mol. The first kappa shape index (κ1) is 14.3. The minimum atomic E-state index is -0.257. The van der Waals surface area contributed by atoms with Crippen molar-refractivity contribution in [2.45, 2.75) is 19.9 Å². The number of benzene rings is 2. The van der Waals surface area contributed by atoms with E-state index in [1.165, 1.54) is 5.56 Å². The number of carbonyl (C=O) groups is 1. The van der Waals surface area contributed by atoms with Crippen LogP contribution in [-0.2, 0) is 0 Å². The summed E-state index contributed by atoms with van der Waals surface area (Å²) in [6, 6.07) is 13.1. The van der Waals surface area contributed by atoms with Gasteiger partial charge in [0.15, 0.2) is 11.5 Å². The van der Waals surface area contributed by atoms with E-state index < -0.39 is 0 Å². The van der Waals surface area contributed by atoms with E-state index in [0.717, 1.165) is 5.56 Å². The molecule has 0 bridgehead atoms. The molecule has 0 radical (unpaired) electrons. The second kappa shape index (κ2) is 5.97. The number of nitrogens with one attached hydrogen (secondary N) is 2. The predicted molar refractivity (Wildman–Crippen MR) is 84.3 cm³/mol. The maximum atomic E-state index is 12.1. The summed E-state index contributed by atoms with van der Waals surface area (Å²) in [5.74, 6) is 1.34. The molecule has 2 aromatic carbocycles. The van der Waals surface area contributed by atoms with Gasteiger partial charge in [-0.1, -0.05) is 29.8 Å². The molecule has 1 heterocycles. The van der Waals surface area contributed by atoms with Gasteiger partial charge in [-0.25, -0.2) is 4.79 Å². The van der Waals surface area contributed by atoms with Crippen LogP contribution in [0.5, 0.6) is 11.5 Å². The van der Waals surface area contributed by atoms with Gasteiger partial charge in [-0.15, -0.1) is 0 Å². The highest BCUT2D eigenvalue weighted by Crippen LogP contribution is 2.34. The Morgan fingerprint density at radius 3 is 2.59 bits per heavy atom. The summed E-state index contributed by atoms with van der Waals surface area (Å²) in [5, 5.41) is 5.71. The highest BCUT2D eigenvalue weighted by atomic mass is 16.7. The number of aryl methyl sites for hydroxylation is 1. The number of carbonyl (C=O) groups excluding carboxylic acids is 1. The standard InChI is InChI=1S/C17H18N2O3/c1-11-3-5-13(6-4-11)12(2)18-17(20)19-14-7-8-15-16(9-14)22-10-21-15/h3-9,12H,10H2,1-2H3,(H2,18,19,20). The number of hydrogen-bond donors (Lipinski definition) is 2. The molecule has 1 aliphatic heterocycles. The van der Waals surface area contributed by atoms with Crippen LogP contribution < -0.4 is 20.1 Å². The summed E-state index contributed by atoms with van der Waals surface area (Å²) in [7, 11) is 0. The number of rotatable bonds is 3. The molecule has 0 fully saturated rings. The molecule has 2 N–H and O–H groups in total. The van der Waals surface area contributed by atoms with Crippen molar-refractivity contribution in [3.8, 4) is 11.5 Å². The van der Waals surface area contributed by atoms with Gasteiger partial charge in [0, 0.05) is 11.8 Å². The lowest BCUT2D eigenvalue weighted by Crippen LogP contribution is -2.31. The van der Waals surface area contributed by atoms with Gasteiger partial charge in [-0.2, -0.15) is 0 Å². The van der Waals surface area contributed by atoms with Crippen molar-refractivity contribution in [1.82, 2.24) is 5.32 Å². The molecular weight excluding hydrogens is 280 g/mol. The number of ether oxygens (including phenoxy) is 2. The molecule has 1 unspecified atom stereocenters. The van der Waals surface area contributed by atoms with E-state index in [-0.39, 0.29) is 18.9 Å². The van der Waals surface area contributed by atoms with Crippen LogP contribution in [0.15, 0.2) is 42.5 Å². The Kier molecular flexibility index (Phi) is 3.87. The molecule has 0 saturated carbocycles. The second-order valence-electron chi connectivity index (χ2n) is 5.30. The fraction of sp³-hybridized carbons (Fsp3) is 0.235. The lowest BCUT2D eigenvalue weighted by molar-refractivity contribution is 0.174. The Morgan fingerprint density at radius 1 is 1.09 bits per heavy atom. The number of urea groups is 1. The van der Waals surface area contributed by atoms with Gasteiger partial charge in [0.05, 0.1) is 6.04 Å². The van der Waals surface area contributed by atoms with Crippen LogP contribution in [-0.4, -0.2) is 12.8 Å². The number of hydrogen-bond acceptors (Lipinski definition) is 3. The van der Waals surface area contributed by atoms with Crippen molar-refractivity contribution in [3.63, 3.8) is 0 Å². The number of fused-ring (bicyclic) bond motifs is 1. The van der Waals surface area contributed by atoms with Crippen LogP contribution in [0.3, 0.4) is 0 Å². The average Bonchev–Trinajstić information content (AvgIpc) is 2.95. The Hall–Kier alpha value is -2.69. The van der Waals surface area contributed by atoms with Crippen molar-refractivity contribution >= 4 is 11.7 Å². The third kappa shape index (κ3) is 3.14. The number of amides is 2. The molecule has 22 heavy (non-hydrogen) atoms. The maximum absolute atomic E-state index is 12.1. The fourth-order valence-corrected chi connectivity index (χ4v) is 2.28. The van der Waals surface area contributed by atoms with Gasteiger partial charge < -0.3 is 20.1 Å². The maximum Gasteiger partial charge on any atom is 0.319 e. The predicted octanol–water partition coefficient (Wildman–Crippen LogP) is 3.61. The van der Waals surface area contributed by atoms with E-state index in [0.29, 0.717) is 17.2 Å². The highest BCUT2D eigenvalue weighted by molar-refractivity contribution is 5.90. The third-order valence-electron chi connectivity index (χ3n) is 3.56. The van der Waals surface area contributed by atoms with E-state index in [1.54, 1.807) is 18.2 Å². The van der Waals surface area contributed by atoms with Crippen LogP contribution in [0.2, 0.25) is 0 Å². The van der Waals surface area contributed by atoms with E-state index in [2.05, 4.69) is 10.6 Å². The third-order valence-corrected chi connectivity index (χ3v) is 3.56. The minimum absolute atomic E-state index is 0.0744. The fourth-order valence-electron chi connectivity index (χ4n) is 2.28. The molecule has 2 amide bonds. The molecule has 0 aromatic heterocycles. The Morgan fingerprint density at radius 2 is 1.82 bits per heavy atom. The van der Waals surface area contributed by atoms with E-state index >= 15 is 0 Å². The van der Waals surface area contributed by atoms with Crippen LogP contribution in [0, 0.1) is 6.92 Å². The van der Waals surface area contributed by atoms with Gasteiger partial charge in [0.2, 0.25) is 6.79 Å². The lowest BCUT2D eigenvalue weighted by atomic mass is 10.1. The van der Waals surface area contributed by atoms with Crippen LogP contribution in [0.25, 0.3) is 0 Å². The Labute approximate surface area is 129 Å². The van der Waals surface area contributed by atoms with Crippen molar-refractivity contribution < 1.29 is 14.3 Å². The van der Waals surface area contributed by atoms with E-state index in [1.807, 2.05) is 38.1 Å².